The van der Waals surface area contributed by atoms with E-state index in [1.165, 1.54) is 5.56 Å². The lowest BCUT2D eigenvalue weighted by Gasteiger charge is -2.23. The van der Waals surface area contributed by atoms with E-state index >= 15 is 0 Å². The van der Waals surface area contributed by atoms with Gasteiger partial charge in [-0.3, -0.25) is 4.79 Å². The SMILES string of the molecule is CC(C)CNC(=O)c1ccc(Nc2ccccc2C(C)(C)C)cn1. The van der Waals surface area contributed by atoms with Gasteiger partial charge in [0.1, 0.15) is 5.69 Å². The van der Waals surface area contributed by atoms with Crippen LogP contribution in [-0.2, 0) is 5.41 Å². The number of amides is 1. The zero-order valence-corrected chi connectivity index (χ0v) is 15.2. The lowest BCUT2D eigenvalue weighted by atomic mass is 9.86. The largest absolute Gasteiger partial charge is 0.354 e. The summed E-state index contributed by atoms with van der Waals surface area (Å²) in [7, 11) is 0. The van der Waals surface area contributed by atoms with Crippen LogP contribution in [0.1, 0.15) is 50.7 Å². The van der Waals surface area contributed by atoms with Crippen LogP contribution in [0, 0.1) is 5.92 Å². The van der Waals surface area contributed by atoms with Crippen molar-refractivity contribution in [1.82, 2.24) is 10.3 Å². The first kappa shape index (κ1) is 18.0. The number of rotatable bonds is 5. The fourth-order valence-electron chi connectivity index (χ4n) is 2.39. The van der Waals surface area contributed by atoms with Crippen molar-refractivity contribution < 1.29 is 4.79 Å². The van der Waals surface area contributed by atoms with Gasteiger partial charge >= 0.3 is 0 Å². The molecule has 0 fully saturated rings. The summed E-state index contributed by atoms with van der Waals surface area (Å²) in [5, 5.41) is 6.28. The predicted molar refractivity (Wildman–Crippen MR) is 99.8 cm³/mol. The average molecular weight is 325 g/mol. The topological polar surface area (TPSA) is 54.0 Å². The molecule has 4 heteroatoms. The Kier molecular flexibility index (Phi) is 5.60. The van der Waals surface area contributed by atoms with Gasteiger partial charge in [-0.25, -0.2) is 4.98 Å². The van der Waals surface area contributed by atoms with Gasteiger partial charge < -0.3 is 10.6 Å². The van der Waals surface area contributed by atoms with Crippen molar-refractivity contribution in [3.05, 3.63) is 53.9 Å². The molecule has 2 aromatic rings. The molecule has 2 N–H and O–H groups in total. The molecule has 1 amide bonds. The number of aromatic nitrogens is 1. The molecule has 1 aromatic carbocycles. The summed E-state index contributed by atoms with van der Waals surface area (Å²) in [6.07, 6.45) is 1.70. The highest BCUT2D eigenvalue weighted by Gasteiger charge is 2.17. The molecule has 128 valence electrons. The fraction of sp³-hybridized carbons (Fsp3) is 0.400. The summed E-state index contributed by atoms with van der Waals surface area (Å²) in [6, 6.07) is 11.9. The van der Waals surface area contributed by atoms with Gasteiger partial charge in [-0.15, -0.1) is 0 Å². The van der Waals surface area contributed by atoms with Crippen molar-refractivity contribution in [2.24, 2.45) is 5.92 Å². The molecule has 0 spiro atoms. The first-order chi connectivity index (χ1) is 11.3. The number of carbonyl (C=O) groups is 1. The molecule has 2 rings (SSSR count). The molecule has 0 saturated carbocycles. The molecule has 0 atom stereocenters. The summed E-state index contributed by atoms with van der Waals surface area (Å²) in [6.45, 7) is 11.3. The normalized spacial score (nSPS) is 11.4. The van der Waals surface area contributed by atoms with E-state index < -0.39 is 0 Å². The minimum atomic E-state index is -0.134. The highest BCUT2D eigenvalue weighted by atomic mass is 16.1. The van der Waals surface area contributed by atoms with Crippen LogP contribution in [0.25, 0.3) is 0 Å². The smallest absolute Gasteiger partial charge is 0.269 e. The van der Waals surface area contributed by atoms with Crippen LogP contribution in [0.4, 0.5) is 11.4 Å². The van der Waals surface area contributed by atoms with Crippen LogP contribution in [-0.4, -0.2) is 17.4 Å². The first-order valence-corrected chi connectivity index (χ1v) is 8.38. The second-order valence-electron chi connectivity index (χ2n) is 7.46. The Morgan fingerprint density at radius 2 is 1.83 bits per heavy atom. The number of pyridine rings is 1. The van der Waals surface area contributed by atoms with Gasteiger partial charge in [-0.1, -0.05) is 52.8 Å². The molecule has 0 aliphatic rings. The van der Waals surface area contributed by atoms with Crippen molar-refractivity contribution in [2.75, 3.05) is 11.9 Å². The van der Waals surface area contributed by atoms with Crippen LogP contribution in [0.2, 0.25) is 0 Å². The molecular formula is C20H27N3O. The number of hydrogen-bond acceptors (Lipinski definition) is 3. The van der Waals surface area contributed by atoms with Crippen molar-refractivity contribution in [1.29, 1.82) is 0 Å². The van der Waals surface area contributed by atoms with E-state index in [-0.39, 0.29) is 11.3 Å². The number of anilines is 2. The Hall–Kier alpha value is -2.36. The van der Waals surface area contributed by atoms with Crippen molar-refractivity contribution in [3.63, 3.8) is 0 Å². The van der Waals surface area contributed by atoms with E-state index in [2.05, 4.69) is 62.4 Å². The van der Waals surface area contributed by atoms with Crippen LogP contribution < -0.4 is 10.6 Å². The maximum Gasteiger partial charge on any atom is 0.269 e. The maximum atomic E-state index is 12.0. The van der Waals surface area contributed by atoms with E-state index in [4.69, 9.17) is 0 Å². The third-order valence-corrected chi connectivity index (χ3v) is 3.68. The summed E-state index contributed by atoms with van der Waals surface area (Å²) < 4.78 is 0. The quantitative estimate of drug-likeness (QED) is 0.850. The van der Waals surface area contributed by atoms with Crippen molar-refractivity contribution in [2.45, 2.75) is 40.0 Å². The van der Waals surface area contributed by atoms with Crippen LogP contribution in [0.15, 0.2) is 42.6 Å². The average Bonchev–Trinajstić information content (AvgIpc) is 2.53. The lowest BCUT2D eigenvalue weighted by Crippen LogP contribution is -2.27. The van der Waals surface area contributed by atoms with E-state index in [1.54, 1.807) is 12.3 Å². The predicted octanol–water partition coefficient (Wildman–Crippen LogP) is 4.51. The molecule has 0 saturated heterocycles. The van der Waals surface area contributed by atoms with Gasteiger partial charge in [0.15, 0.2) is 0 Å². The molecule has 1 aromatic heterocycles. The molecule has 0 unspecified atom stereocenters. The second-order valence-corrected chi connectivity index (χ2v) is 7.46. The Morgan fingerprint density at radius 1 is 1.12 bits per heavy atom. The van der Waals surface area contributed by atoms with Gasteiger partial charge in [-0.2, -0.15) is 0 Å². The lowest BCUT2D eigenvalue weighted by molar-refractivity contribution is 0.0944. The number of para-hydroxylation sites is 1. The van der Waals surface area contributed by atoms with Gasteiger partial charge in [-0.05, 0) is 35.1 Å². The summed E-state index contributed by atoms with van der Waals surface area (Å²) in [5.41, 5.74) is 3.65. The number of benzene rings is 1. The maximum absolute atomic E-state index is 12.0. The zero-order valence-electron chi connectivity index (χ0n) is 15.2. The Bertz CT molecular complexity index is 685. The van der Waals surface area contributed by atoms with Crippen LogP contribution in [0.5, 0.6) is 0 Å². The number of nitrogens with one attached hydrogen (secondary N) is 2. The third-order valence-electron chi connectivity index (χ3n) is 3.68. The molecule has 4 nitrogen and oxygen atoms in total. The van der Waals surface area contributed by atoms with Crippen molar-refractivity contribution in [3.8, 4) is 0 Å². The molecule has 24 heavy (non-hydrogen) atoms. The minimum Gasteiger partial charge on any atom is -0.354 e. The molecule has 1 heterocycles. The monoisotopic (exact) mass is 325 g/mol. The van der Waals surface area contributed by atoms with E-state index in [1.807, 2.05) is 18.2 Å². The van der Waals surface area contributed by atoms with Gasteiger partial charge in [0.05, 0.1) is 11.9 Å². The standard InChI is InChI=1S/C20H27N3O/c1-14(2)12-22-19(24)18-11-10-15(13-21-18)23-17-9-7-6-8-16(17)20(3,4)5/h6-11,13-14,23H,12H2,1-5H3,(H,22,24). The molecule has 0 bridgehead atoms. The Labute approximate surface area is 144 Å². The van der Waals surface area contributed by atoms with Gasteiger partial charge in [0.2, 0.25) is 0 Å². The van der Waals surface area contributed by atoms with Gasteiger partial charge in [0, 0.05) is 12.2 Å². The van der Waals surface area contributed by atoms with Crippen LogP contribution in [0.3, 0.4) is 0 Å². The summed E-state index contributed by atoms with van der Waals surface area (Å²) in [4.78, 5) is 16.3. The Balaban J connectivity index is 2.12. The Morgan fingerprint density at radius 3 is 2.42 bits per heavy atom. The van der Waals surface area contributed by atoms with E-state index in [0.29, 0.717) is 18.2 Å². The molecule has 0 radical (unpaired) electrons. The summed E-state index contributed by atoms with van der Waals surface area (Å²) >= 11 is 0. The second kappa shape index (κ2) is 7.47. The van der Waals surface area contributed by atoms with Crippen molar-refractivity contribution >= 4 is 17.3 Å². The van der Waals surface area contributed by atoms with Gasteiger partial charge in [0.25, 0.3) is 5.91 Å². The highest BCUT2D eigenvalue weighted by Crippen LogP contribution is 2.31. The third kappa shape index (κ3) is 4.82. The summed E-state index contributed by atoms with van der Waals surface area (Å²) in [5.74, 6) is 0.286. The molecular weight excluding hydrogens is 298 g/mol. The number of carbonyl (C=O) groups excluding carboxylic acids is 1. The fourth-order valence-corrected chi connectivity index (χ4v) is 2.39. The first-order valence-electron chi connectivity index (χ1n) is 8.38. The van der Waals surface area contributed by atoms with Crippen LogP contribution >= 0.6 is 0 Å². The number of nitrogens with zero attached hydrogens (tertiary/aromatic N) is 1. The zero-order chi connectivity index (χ0) is 17.7. The molecule has 0 aliphatic carbocycles. The molecule has 0 aliphatic heterocycles. The highest BCUT2D eigenvalue weighted by molar-refractivity contribution is 5.92. The van der Waals surface area contributed by atoms with E-state index in [9.17, 15) is 4.79 Å². The van der Waals surface area contributed by atoms with E-state index in [0.717, 1.165) is 11.4 Å². The minimum absolute atomic E-state index is 0.0493. The number of hydrogen-bond donors (Lipinski definition) is 2.